The Balaban J connectivity index is 1.38. The SMILES string of the molecule is COc1cccc2c1C(=O)c1c(O)c3c(c(O)c1C2=O)C[C@@](O)(C(=O)CO)C[C@@H]3O[C@H]1CC(N)C(O[C@H]2CCCCO2)[C@H](C)O1. The molecule has 242 valence electrons. The Morgan fingerprint density at radius 2 is 1.82 bits per heavy atom. The fraction of sp³-hybridized carbons (Fsp3) is 0.531. The number of aliphatic hydroxyl groups is 2. The minimum atomic E-state index is -2.24. The maximum absolute atomic E-state index is 13.8. The van der Waals surface area contributed by atoms with Gasteiger partial charge < -0.3 is 49.8 Å². The Morgan fingerprint density at radius 1 is 1.07 bits per heavy atom. The third-order valence-corrected chi connectivity index (χ3v) is 9.22. The number of hydrogen-bond acceptors (Lipinski definition) is 13. The molecule has 2 aromatic rings. The first-order chi connectivity index (χ1) is 21.5. The molecule has 2 saturated heterocycles. The molecular weight excluding hydrogens is 590 g/mol. The molecule has 7 atom stereocenters. The number of aliphatic hydroxyl groups excluding tert-OH is 1. The quantitative estimate of drug-likeness (QED) is 0.236. The van der Waals surface area contributed by atoms with Gasteiger partial charge in [0.2, 0.25) is 5.78 Å². The van der Waals surface area contributed by atoms with Crippen LogP contribution < -0.4 is 10.5 Å². The van der Waals surface area contributed by atoms with Crippen molar-refractivity contribution >= 4 is 17.3 Å². The number of Topliss-reactive ketones (excluding diaryl/α,β-unsaturated/α-hetero) is 1. The lowest BCUT2D eigenvalue weighted by Gasteiger charge is -2.43. The minimum Gasteiger partial charge on any atom is -0.507 e. The van der Waals surface area contributed by atoms with Crippen molar-refractivity contribution in [1.29, 1.82) is 0 Å². The first-order valence-electron chi connectivity index (χ1n) is 15.1. The van der Waals surface area contributed by atoms with Crippen LogP contribution in [0.4, 0.5) is 0 Å². The average molecular weight is 628 g/mol. The van der Waals surface area contributed by atoms with E-state index in [-0.39, 0.29) is 34.4 Å². The van der Waals surface area contributed by atoms with Crippen molar-refractivity contribution in [3.63, 3.8) is 0 Å². The van der Waals surface area contributed by atoms with E-state index in [0.29, 0.717) is 6.61 Å². The molecule has 2 heterocycles. The monoisotopic (exact) mass is 627 g/mol. The van der Waals surface area contributed by atoms with Gasteiger partial charge in [-0.3, -0.25) is 14.4 Å². The van der Waals surface area contributed by atoms with E-state index in [1.54, 1.807) is 6.92 Å². The van der Waals surface area contributed by atoms with Gasteiger partial charge in [0.15, 0.2) is 24.1 Å². The summed E-state index contributed by atoms with van der Waals surface area (Å²) < 4.78 is 29.5. The number of hydrogen-bond donors (Lipinski definition) is 5. The fourth-order valence-electron chi connectivity index (χ4n) is 6.95. The van der Waals surface area contributed by atoms with Gasteiger partial charge in [0, 0.05) is 48.6 Å². The third kappa shape index (κ3) is 5.31. The van der Waals surface area contributed by atoms with E-state index in [9.17, 15) is 34.8 Å². The van der Waals surface area contributed by atoms with E-state index in [0.717, 1.165) is 19.3 Å². The van der Waals surface area contributed by atoms with Gasteiger partial charge in [-0.05, 0) is 32.3 Å². The molecule has 2 fully saturated rings. The lowest BCUT2D eigenvalue weighted by atomic mass is 9.72. The number of ketones is 3. The number of benzene rings is 2. The van der Waals surface area contributed by atoms with E-state index in [1.165, 1.54) is 25.3 Å². The number of methoxy groups -OCH3 is 1. The number of carbonyl (C=O) groups excluding carboxylic acids is 3. The Labute approximate surface area is 258 Å². The highest BCUT2D eigenvalue weighted by Crippen LogP contribution is 2.52. The van der Waals surface area contributed by atoms with E-state index in [1.807, 2.05) is 0 Å². The number of ether oxygens (including phenoxy) is 5. The van der Waals surface area contributed by atoms with Crippen LogP contribution in [0.2, 0.25) is 0 Å². The molecule has 6 rings (SSSR count). The zero-order chi connectivity index (χ0) is 32.2. The van der Waals surface area contributed by atoms with Crippen LogP contribution in [0.5, 0.6) is 17.2 Å². The highest BCUT2D eigenvalue weighted by Gasteiger charge is 2.50. The maximum Gasteiger partial charge on any atom is 0.202 e. The van der Waals surface area contributed by atoms with Crippen molar-refractivity contribution < 1.29 is 58.5 Å². The molecule has 0 bridgehead atoms. The normalized spacial score (nSPS) is 31.1. The van der Waals surface area contributed by atoms with Gasteiger partial charge in [-0.25, -0.2) is 0 Å². The van der Waals surface area contributed by atoms with Crippen molar-refractivity contribution in [3.05, 3.63) is 51.6 Å². The second-order valence-electron chi connectivity index (χ2n) is 12.1. The minimum absolute atomic E-state index is 0.0409. The van der Waals surface area contributed by atoms with Gasteiger partial charge in [0.25, 0.3) is 0 Å². The summed E-state index contributed by atoms with van der Waals surface area (Å²) in [6.45, 7) is 1.35. The summed E-state index contributed by atoms with van der Waals surface area (Å²) >= 11 is 0. The Kier molecular flexibility index (Phi) is 8.46. The molecular formula is C32H37NO12. The Morgan fingerprint density at radius 3 is 2.49 bits per heavy atom. The second kappa shape index (κ2) is 12.1. The van der Waals surface area contributed by atoms with Crippen LogP contribution in [0.15, 0.2) is 18.2 Å². The summed E-state index contributed by atoms with van der Waals surface area (Å²) in [4.78, 5) is 40.2. The molecule has 0 amide bonds. The number of nitrogens with two attached hydrogens (primary N) is 1. The number of aromatic hydroxyl groups is 2. The molecule has 4 aliphatic rings. The molecule has 2 aliphatic heterocycles. The lowest BCUT2D eigenvalue weighted by molar-refractivity contribution is -0.281. The molecule has 2 aromatic carbocycles. The second-order valence-corrected chi connectivity index (χ2v) is 12.1. The first-order valence-corrected chi connectivity index (χ1v) is 15.1. The van der Waals surface area contributed by atoms with Crippen LogP contribution in [-0.4, -0.2) is 94.5 Å². The van der Waals surface area contributed by atoms with Crippen molar-refractivity contribution in [2.24, 2.45) is 5.73 Å². The van der Waals surface area contributed by atoms with Gasteiger partial charge >= 0.3 is 0 Å². The molecule has 13 nitrogen and oxygen atoms in total. The zero-order valence-corrected chi connectivity index (χ0v) is 25.0. The number of rotatable bonds is 7. The summed E-state index contributed by atoms with van der Waals surface area (Å²) in [6.07, 6.45) is -2.03. The van der Waals surface area contributed by atoms with Crippen molar-refractivity contribution in [1.82, 2.24) is 0 Å². The number of fused-ring (bicyclic) bond motifs is 3. The Hall–Kier alpha value is -3.43. The summed E-state index contributed by atoms with van der Waals surface area (Å²) in [5.41, 5.74) is 2.98. The smallest absolute Gasteiger partial charge is 0.202 e. The summed E-state index contributed by atoms with van der Waals surface area (Å²) in [7, 11) is 1.34. The van der Waals surface area contributed by atoms with Crippen LogP contribution in [0.1, 0.15) is 88.1 Å². The van der Waals surface area contributed by atoms with Crippen molar-refractivity contribution in [2.75, 3.05) is 20.3 Å². The molecule has 0 spiro atoms. The summed E-state index contributed by atoms with van der Waals surface area (Å²) in [5.74, 6) is -3.67. The van der Waals surface area contributed by atoms with Gasteiger partial charge in [0.05, 0.1) is 36.0 Å². The highest BCUT2D eigenvalue weighted by atomic mass is 16.7. The maximum atomic E-state index is 13.8. The lowest BCUT2D eigenvalue weighted by Crippen LogP contribution is -2.55. The molecule has 0 aromatic heterocycles. The highest BCUT2D eigenvalue weighted by molar-refractivity contribution is 6.31. The molecule has 0 radical (unpaired) electrons. The molecule has 6 N–H and O–H groups in total. The van der Waals surface area contributed by atoms with E-state index >= 15 is 0 Å². The van der Waals surface area contributed by atoms with Gasteiger partial charge in [-0.1, -0.05) is 12.1 Å². The molecule has 13 heteroatoms. The number of carbonyl (C=O) groups is 3. The first kappa shape index (κ1) is 31.5. The van der Waals surface area contributed by atoms with Gasteiger partial charge in [-0.2, -0.15) is 0 Å². The molecule has 2 unspecified atom stereocenters. The molecule has 45 heavy (non-hydrogen) atoms. The average Bonchev–Trinajstić information content (AvgIpc) is 3.02. The molecule has 0 saturated carbocycles. The Bertz CT molecular complexity index is 1520. The van der Waals surface area contributed by atoms with E-state index in [2.05, 4.69) is 0 Å². The van der Waals surface area contributed by atoms with Crippen molar-refractivity contribution in [2.45, 2.75) is 88.0 Å². The van der Waals surface area contributed by atoms with Crippen molar-refractivity contribution in [3.8, 4) is 17.2 Å². The zero-order valence-electron chi connectivity index (χ0n) is 25.0. The predicted molar refractivity (Wildman–Crippen MR) is 154 cm³/mol. The molecule has 2 aliphatic carbocycles. The topological polar surface area (TPSA) is 204 Å². The van der Waals surface area contributed by atoms with Gasteiger partial charge in [0.1, 0.15) is 35.6 Å². The van der Waals surface area contributed by atoms with Crippen LogP contribution in [0.25, 0.3) is 0 Å². The van der Waals surface area contributed by atoms with Crippen LogP contribution >= 0.6 is 0 Å². The van der Waals surface area contributed by atoms with Crippen LogP contribution in [0.3, 0.4) is 0 Å². The predicted octanol–water partition coefficient (Wildman–Crippen LogP) is 1.55. The van der Waals surface area contributed by atoms with E-state index in [4.69, 9.17) is 29.4 Å². The standard InChI is InChI=1S/C32H37NO12/c1-14-31(45-21-8-3-4-9-42-21)17(33)10-22(43-14)44-19-12-32(40,20(35)13-34)11-16-24(19)30(39)26-25(28(16)37)27(36)15-6-5-7-18(41-2)23(15)29(26)38/h5-7,14,17,19,21-22,31,34,37,39-40H,3-4,8-13,33H2,1-2H3/t14-,17?,19-,21-,22-,31?,32-/m0/s1. The number of phenols is 2. The van der Waals surface area contributed by atoms with Gasteiger partial charge in [-0.15, -0.1) is 0 Å². The summed E-state index contributed by atoms with van der Waals surface area (Å²) in [6, 6.07) is 3.86. The van der Waals surface area contributed by atoms with Crippen LogP contribution in [0, 0.1) is 0 Å². The van der Waals surface area contributed by atoms with Crippen LogP contribution in [-0.2, 0) is 30.2 Å². The largest absolute Gasteiger partial charge is 0.507 e. The fourth-order valence-corrected chi connectivity index (χ4v) is 6.95. The number of phenolic OH excluding ortho intramolecular Hbond substituents is 2. The third-order valence-electron chi connectivity index (χ3n) is 9.22. The summed E-state index contributed by atoms with van der Waals surface area (Å²) in [5, 5.41) is 44.2. The van der Waals surface area contributed by atoms with E-state index < -0.39 is 102 Å².